The van der Waals surface area contributed by atoms with Gasteiger partial charge in [-0.2, -0.15) is 0 Å². The van der Waals surface area contributed by atoms with Gasteiger partial charge in [-0.05, 0) is 18.9 Å². The maximum Gasteiger partial charge on any atom is 0.255 e. The highest BCUT2D eigenvalue weighted by molar-refractivity contribution is 6.29. The Morgan fingerprint density at radius 1 is 1.53 bits per heavy atom. The minimum absolute atomic E-state index is 0.104. The second-order valence-electron chi connectivity index (χ2n) is 4.27. The smallest absolute Gasteiger partial charge is 0.255 e. The molecular weight excluding hydrogens is 240 g/mol. The molecule has 1 aliphatic rings. The first-order valence-electron chi connectivity index (χ1n) is 5.52. The number of halogens is 1. The number of nitrogens with zero attached hydrogens (tertiary/aromatic N) is 2. The van der Waals surface area contributed by atoms with E-state index >= 15 is 0 Å². The standard InChI is InChI=1S/C12H11ClN2O2/c13-10-5-11(16)15(6-8-3-4-17-7-8)12(14-10)9-1-2-9/h3-5,7,9H,1-2,6H2. The minimum Gasteiger partial charge on any atom is -0.472 e. The van der Waals surface area contributed by atoms with Crippen LogP contribution in [-0.2, 0) is 6.54 Å². The van der Waals surface area contributed by atoms with Crippen molar-refractivity contribution < 1.29 is 4.42 Å². The van der Waals surface area contributed by atoms with Gasteiger partial charge < -0.3 is 4.42 Å². The molecule has 2 aromatic rings. The van der Waals surface area contributed by atoms with E-state index in [9.17, 15) is 4.79 Å². The average Bonchev–Trinajstić information content (AvgIpc) is 3.00. The summed E-state index contributed by atoms with van der Waals surface area (Å²) in [6.07, 6.45) is 5.40. The van der Waals surface area contributed by atoms with Crippen LogP contribution >= 0.6 is 11.6 Å². The predicted octanol–water partition coefficient (Wildman–Crippen LogP) is 2.42. The lowest BCUT2D eigenvalue weighted by Gasteiger charge is -2.10. The predicted molar refractivity (Wildman–Crippen MR) is 63.3 cm³/mol. The third kappa shape index (κ3) is 2.13. The lowest BCUT2D eigenvalue weighted by Crippen LogP contribution is -2.24. The zero-order chi connectivity index (χ0) is 11.8. The Labute approximate surface area is 103 Å². The molecule has 0 amide bonds. The zero-order valence-corrected chi connectivity index (χ0v) is 9.85. The number of aromatic nitrogens is 2. The first-order valence-corrected chi connectivity index (χ1v) is 5.90. The highest BCUT2D eigenvalue weighted by Gasteiger charge is 2.29. The van der Waals surface area contributed by atoms with E-state index in [0.29, 0.717) is 12.5 Å². The van der Waals surface area contributed by atoms with E-state index in [2.05, 4.69) is 4.98 Å². The molecule has 88 valence electrons. The van der Waals surface area contributed by atoms with Gasteiger partial charge in [0, 0.05) is 17.5 Å². The van der Waals surface area contributed by atoms with E-state index in [1.807, 2.05) is 6.07 Å². The lowest BCUT2D eigenvalue weighted by molar-refractivity contribution is 0.560. The van der Waals surface area contributed by atoms with Gasteiger partial charge in [0.2, 0.25) is 0 Å². The van der Waals surface area contributed by atoms with E-state index in [1.54, 1.807) is 17.1 Å². The molecule has 0 N–H and O–H groups in total. The Hall–Kier alpha value is -1.55. The summed E-state index contributed by atoms with van der Waals surface area (Å²) in [5.41, 5.74) is 0.853. The van der Waals surface area contributed by atoms with Crippen molar-refractivity contribution in [3.8, 4) is 0 Å². The van der Waals surface area contributed by atoms with Crippen LogP contribution in [0.1, 0.15) is 30.1 Å². The second kappa shape index (κ2) is 4.04. The van der Waals surface area contributed by atoms with E-state index in [0.717, 1.165) is 24.2 Å². The summed E-state index contributed by atoms with van der Waals surface area (Å²) in [5, 5.41) is 0.278. The van der Waals surface area contributed by atoms with E-state index in [-0.39, 0.29) is 10.7 Å². The van der Waals surface area contributed by atoms with Crippen LogP contribution in [0.5, 0.6) is 0 Å². The molecule has 3 rings (SSSR count). The summed E-state index contributed by atoms with van der Waals surface area (Å²) in [7, 11) is 0. The highest BCUT2D eigenvalue weighted by atomic mass is 35.5. The molecule has 0 radical (unpaired) electrons. The van der Waals surface area contributed by atoms with Gasteiger partial charge in [-0.1, -0.05) is 11.6 Å². The Morgan fingerprint density at radius 3 is 3.00 bits per heavy atom. The third-order valence-corrected chi connectivity index (χ3v) is 3.06. The maximum atomic E-state index is 11.9. The van der Waals surface area contributed by atoms with Crippen molar-refractivity contribution in [3.63, 3.8) is 0 Å². The second-order valence-corrected chi connectivity index (χ2v) is 4.65. The fourth-order valence-corrected chi connectivity index (χ4v) is 2.05. The van der Waals surface area contributed by atoms with Crippen LogP contribution in [-0.4, -0.2) is 9.55 Å². The van der Waals surface area contributed by atoms with Gasteiger partial charge in [0.05, 0.1) is 19.1 Å². The molecule has 0 unspecified atom stereocenters. The molecule has 0 atom stereocenters. The molecule has 4 nitrogen and oxygen atoms in total. The Bertz CT molecular complexity index is 585. The van der Waals surface area contributed by atoms with Crippen LogP contribution in [0.25, 0.3) is 0 Å². The molecule has 0 saturated heterocycles. The van der Waals surface area contributed by atoms with E-state index in [4.69, 9.17) is 16.0 Å². The Morgan fingerprint density at radius 2 is 2.35 bits per heavy atom. The van der Waals surface area contributed by atoms with Gasteiger partial charge >= 0.3 is 0 Å². The summed E-state index contributed by atoms with van der Waals surface area (Å²) < 4.78 is 6.68. The molecular formula is C12H11ClN2O2. The quantitative estimate of drug-likeness (QED) is 0.786. The summed E-state index contributed by atoms with van der Waals surface area (Å²) in [5.74, 6) is 1.18. The van der Waals surface area contributed by atoms with E-state index in [1.165, 1.54) is 6.07 Å². The fourth-order valence-electron chi connectivity index (χ4n) is 1.87. The molecule has 0 aromatic carbocycles. The molecule has 0 bridgehead atoms. The summed E-state index contributed by atoms with van der Waals surface area (Å²) in [4.78, 5) is 16.2. The highest BCUT2D eigenvalue weighted by Crippen LogP contribution is 2.38. The average molecular weight is 251 g/mol. The van der Waals surface area contributed by atoms with Gasteiger partial charge in [0.1, 0.15) is 11.0 Å². The minimum atomic E-state index is -0.104. The van der Waals surface area contributed by atoms with Crippen molar-refractivity contribution in [2.24, 2.45) is 0 Å². The van der Waals surface area contributed by atoms with Gasteiger partial charge in [0.25, 0.3) is 5.56 Å². The first kappa shape index (κ1) is 10.6. The largest absolute Gasteiger partial charge is 0.472 e. The number of hydrogen-bond donors (Lipinski definition) is 0. The zero-order valence-electron chi connectivity index (χ0n) is 9.10. The van der Waals surface area contributed by atoms with Crippen LogP contribution in [0.4, 0.5) is 0 Å². The number of rotatable bonds is 3. The molecule has 0 aliphatic heterocycles. The molecule has 0 spiro atoms. The number of furan rings is 1. The van der Waals surface area contributed by atoms with Gasteiger partial charge in [-0.25, -0.2) is 4.98 Å². The molecule has 5 heteroatoms. The maximum absolute atomic E-state index is 11.9. The SMILES string of the molecule is O=c1cc(Cl)nc(C2CC2)n1Cc1ccoc1. The van der Waals surface area contributed by atoms with E-state index < -0.39 is 0 Å². The lowest BCUT2D eigenvalue weighted by atomic mass is 10.3. The number of hydrogen-bond acceptors (Lipinski definition) is 3. The normalized spacial score (nSPS) is 15.1. The van der Waals surface area contributed by atoms with Crippen molar-refractivity contribution in [1.29, 1.82) is 0 Å². The van der Waals surface area contributed by atoms with Crippen LogP contribution < -0.4 is 5.56 Å². The van der Waals surface area contributed by atoms with Crippen LogP contribution in [0.15, 0.2) is 33.9 Å². The van der Waals surface area contributed by atoms with Gasteiger partial charge in [-0.15, -0.1) is 0 Å². The van der Waals surface area contributed by atoms with Crippen LogP contribution in [0, 0.1) is 0 Å². The molecule has 2 heterocycles. The van der Waals surface area contributed by atoms with Crippen molar-refractivity contribution in [1.82, 2.24) is 9.55 Å². The molecule has 1 saturated carbocycles. The fraction of sp³-hybridized carbons (Fsp3) is 0.333. The molecule has 17 heavy (non-hydrogen) atoms. The van der Waals surface area contributed by atoms with Gasteiger partial charge in [0.15, 0.2) is 0 Å². The summed E-state index contributed by atoms with van der Waals surface area (Å²) in [6.45, 7) is 0.491. The van der Waals surface area contributed by atoms with Crippen molar-refractivity contribution in [3.05, 3.63) is 51.6 Å². The molecule has 1 fully saturated rings. The van der Waals surface area contributed by atoms with Gasteiger partial charge in [-0.3, -0.25) is 9.36 Å². The van der Waals surface area contributed by atoms with Crippen molar-refractivity contribution in [2.75, 3.05) is 0 Å². The van der Waals surface area contributed by atoms with Crippen LogP contribution in [0.2, 0.25) is 5.15 Å². The first-order chi connectivity index (χ1) is 8.24. The Kier molecular flexibility index (Phi) is 2.52. The molecule has 1 aliphatic carbocycles. The third-order valence-electron chi connectivity index (χ3n) is 2.87. The summed E-state index contributed by atoms with van der Waals surface area (Å²) in [6, 6.07) is 3.20. The summed E-state index contributed by atoms with van der Waals surface area (Å²) >= 11 is 5.83. The molecule has 2 aromatic heterocycles. The van der Waals surface area contributed by atoms with Crippen molar-refractivity contribution in [2.45, 2.75) is 25.3 Å². The van der Waals surface area contributed by atoms with Crippen molar-refractivity contribution >= 4 is 11.6 Å². The van der Waals surface area contributed by atoms with Crippen LogP contribution in [0.3, 0.4) is 0 Å². The Balaban J connectivity index is 2.04. The monoisotopic (exact) mass is 250 g/mol. The topological polar surface area (TPSA) is 48.0 Å².